The van der Waals surface area contributed by atoms with E-state index in [2.05, 4.69) is 10.1 Å². The van der Waals surface area contributed by atoms with Gasteiger partial charge in [-0.05, 0) is 25.9 Å². The average Bonchev–Trinajstić information content (AvgIpc) is 2.36. The second-order valence-corrected chi connectivity index (χ2v) is 3.46. The monoisotopic (exact) mass is 190 g/mol. The van der Waals surface area contributed by atoms with Crippen molar-refractivity contribution in [2.75, 3.05) is 19.6 Å². The summed E-state index contributed by atoms with van der Waals surface area (Å²) in [5.41, 5.74) is 1.03. The molecule has 0 aromatic carbocycles. The summed E-state index contributed by atoms with van der Waals surface area (Å²) < 4.78 is 0. The summed E-state index contributed by atoms with van der Waals surface area (Å²) in [5.74, 6) is 0.582. The minimum Gasteiger partial charge on any atom is -0.411 e. The van der Waals surface area contributed by atoms with Gasteiger partial charge in [0, 0.05) is 18.9 Å². The Kier molecular flexibility index (Phi) is 3.35. The lowest BCUT2D eigenvalue weighted by molar-refractivity contribution is 0.232. The van der Waals surface area contributed by atoms with E-state index in [4.69, 9.17) is 5.21 Å². The van der Waals surface area contributed by atoms with Crippen LogP contribution in [0, 0.1) is 5.92 Å². The first kappa shape index (κ1) is 9.81. The van der Waals surface area contributed by atoms with Crippen LogP contribution in [-0.4, -0.2) is 35.5 Å². The van der Waals surface area contributed by atoms with Gasteiger partial charge in [0.15, 0.2) is 0 Å². The molecule has 0 radical (unpaired) electrons. The second-order valence-electron chi connectivity index (χ2n) is 3.46. The molecular weight excluding hydrogens is 176 g/mol. The van der Waals surface area contributed by atoms with Gasteiger partial charge in [-0.15, -0.1) is 12.4 Å². The number of rotatable bonds is 0. The van der Waals surface area contributed by atoms with Gasteiger partial charge in [0.25, 0.3) is 0 Å². The molecular formula is C8H15ClN2O. The molecule has 3 aliphatic rings. The van der Waals surface area contributed by atoms with Crippen LogP contribution in [0.5, 0.6) is 0 Å². The standard InChI is InChI=1S/C8H14N2O.ClH/c11-9-8-3-6-10-4-1-7(8)2-5-10;/h7,11H,1-6H2;1H. The Morgan fingerprint density at radius 3 is 2.50 bits per heavy atom. The van der Waals surface area contributed by atoms with Crippen molar-refractivity contribution < 1.29 is 5.21 Å². The maximum atomic E-state index is 8.71. The van der Waals surface area contributed by atoms with Crippen molar-refractivity contribution in [3.05, 3.63) is 0 Å². The Bertz CT molecular complexity index is 176. The third kappa shape index (κ3) is 1.72. The maximum Gasteiger partial charge on any atom is 0.0615 e. The van der Waals surface area contributed by atoms with Crippen LogP contribution in [0.1, 0.15) is 19.3 Å². The van der Waals surface area contributed by atoms with Crippen molar-refractivity contribution in [3.8, 4) is 0 Å². The molecule has 0 amide bonds. The van der Waals surface area contributed by atoms with E-state index in [9.17, 15) is 0 Å². The molecule has 4 heteroatoms. The molecule has 1 N–H and O–H groups in total. The first-order valence-corrected chi connectivity index (χ1v) is 4.33. The zero-order valence-electron chi connectivity index (χ0n) is 7.07. The number of oxime groups is 1. The van der Waals surface area contributed by atoms with Crippen LogP contribution in [0.3, 0.4) is 0 Å². The number of hydrogen-bond acceptors (Lipinski definition) is 3. The van der Waals surface area contributed by atoms with Gasteiger partial charge >= 0.3 is 0 Å². The van der Waals surface area contributed by atoms with E-state index in [-0.39, 0.29) is 12.4 Å². The summed E-state index contributed by atoms with van der Waals surface area (Å²) in [7, 11) is 0. The van der Waals surface area contributed by atoms with Gasteiger partial charge in [-0.3, -0.25) is 0 Å². The molecule has 3 nitrogen and oxygen atoms in total. The van der Waals surface area contributed by atoms with Crippen LogP contribution in [0.2, 0.25) is 0 Å². The van der Waals surface area contributed by atoms with Crippen LogP contribution in [0.4, 0.5) is 0 Å². The molecule has 3 fully saturated rings. The Balaban J connectivity index is 0.000000720. The van der Waals surface area contributed by atoms with Gasteiger partial charge in [-0.2, -0.15) is 0 Å². The lowest BCUT2D eigenvalue weighted by atomic mass is 9.94. The molecule has 2 bridgehead atoms. The Hall–Kier alpha value is -0.280. The summed E-state index contributed by atoms with van der Waals surface area (Å²) in [6.07, 6.45) is 3.36. The third-order valence-electron chi connectivity index (χ3n) is 2.87. The lowest BCUT2D eigenvalue weighted by Gasteiger charge is -2.25. The number of hydrogen-bond donors (Lipinski definition) is 1. The highest BCUT2D eigenvalue weighted by molar-refractivity contribution is 5.87. The van der Waals surface area contributed by atoms with Crippen molar-refractivity contribution in [1.82, 2.24) is 4.90 Å². The van der Waals surface area contributed by atoms with Crippen LogP contribution in [0.15, 0.2) is 5.16 Å². The number of nitrogens with zero attached hydrogens (tertiary/aromatic N) is 2. The minimum absolute atomic E-state index is 0. The van der Waals surface area contributed by atoms with E-state index in [0.29, 0.717) is 5.92 Å². The maximum absolute atomic E-state index is 8.71. The molecule has 0 atom stereocenters. The predicted molar refractivity (Wildman–Crippen MR) is 50.3 cm³/mol. The number of fused-ring (bicyclic) bond motifs is 4. The highest BCUT2D eigenvalue weighted by Crippen LogP contribution is 2.24. The molecule has 3 saturated heterocycles. The summed E-state index contributed by atoms with van der Waals surface area (Å²) in [6.45, 7) is 3.49. The molecule has 0 spiro atoms. The third-order valence-corrected chi connectivity index (χ3v) is 2.87. The van der Waals surface area contributed by atoms with Gasteiger partial charge in [0.1, 0.15) is 0 Å². The van der Waals surface area contributed by atoms with E-state index in [1.165, 1.54) is 25.9 Å². The van der Waals surface area contributed by atoms with Crippen LogP contribution < -0.4 is 0 Å². The molecule has 0 aromatic heterocycles. The van der Waals surface area contributed by atoms with E-state index >= 15 is 0 Å². The zero-order chi connectivity index (χ0) is 7.68. The van der Waals surface area contributed by atoms with Crippen LogP contribution in [-0.2, 0) is 0 Å². The predicted octanol–water partition coefficient (Wildman–Crippen LogP) is 1.35. The first-order chi connectivity index (χ1) is 5.40. The summed E-state index contributed by atoms with van der Waals surface area (Å²) in [6, 6.07) is 0. The van der Waals surface area contributed by atoms with Crippen molar-refractivity contribution in [1.29, 1.82) is 0 Å². The molecule has 3 rings (SSSR count). The summed E-state index contributed by atoms with van der Waals surface area (Å²) in [4.78, 5) is 2.45. The SMILES string of the molecule is Cl.ON=C1CCN2CCC1CC2. The lowest BCUT2D eigenvalue weighted by Crippen LogP contribution is -2.30. The summed E-state index contributed by atoms with van der Waals surface area (Å²) in [5, 5.41) is 12.1. The molecule has 3 heterocycles. The molecule has 0 unspecified atom stereocenters. The second kappa shape index (κ2) is 4.10. The smallest absolute Gasteiger partial charge is 0.0615 e. The molecule has 0 aliphatic carbocycles. The fraction of sp³-hybridized carbons (Fsp3) is 0.875. The average molecular weight is 191 g/mol. The fourth-order valence-corrected chi connectivity index (χ4v) is 2.10. The van der Waals surface area contributed by atoms with Gasteiger partial charge in [0.2, 0.25) is 0 Å². The Morgan fingerprint density at radius 1 is 1.25 bits per heavy atom. The van der Waals surface area contributed by atoms with Crippen LogP contribution >= 0.6 is 12.4 Å². The topological polar surface area (TPSA) is 35.8 Å². The van der Waals surface area contributed by atoms with E-state index in [1.807, 2.05) is 0 Å². The molecule has 70 valence electrons. The molecule has 0 aromatic rings. The zero-order valence-corrected chi connectivity index (χ0v) is 7.89. The Morgan fingerprint density at radius 2 is 1.92 bits per heavy atom. The quantitative estimate of drug-likeness (QED) is 0.463. The normalized spacial score (nSPS) is 37.5. The van der Waals surface area contributed by atoms with Gasteiger partial charge in [0.05, 0.1) is 5.71 Å². The molecule has 3 aliphatic heterocycles. The van der Waals surface area contributed by atoms with Crippen molar-refractivity contribution in [3.63, 3.8) is 0 Å². The highest BCUT2D eigenvalue weighted by Gasteiger charge is 2.27. The first-order valence-electron chi connectivity index (χ1n) is 4.33. The van der Waals surface area contributed by atoms with Crippen molar-refractivity contribution >= 4 is 18.1 Å². The highest BCUT2D eigenvalue weighted by atomic mass is 35.5. The van der Waals surface area contributed by atoms with Gasteiger partial charge < -0.3 is 10.1 Å². The van der Waals surface area contributed by atoms with E-state index < -0.39 is 0 Å². The largest absolute Gasteiger partial charge is 0.411 e. The van der Waals surface area contributed by atoms with Crippen molar-refractivity contribution in [2.45, 2.75) is 19.3 Å². The molecule has 12 heavy (non-hydrogen) atoms. The van der Waals surface area contributed by atoms with E-state index in [0.717, 1.165) is 18.7 Å². The summed E-state index contributed by atoms with van der Waals surface area (Å²) >= 11 is 0. The van der Waals surface area contributed by atoms with Crippen LogP contribution in [0.25, 0.3) is 0 Å². The minimum atomic E-state index is 0. The Labute approximate surface area is 78.8 Å². The number of halogens is 1. The number of piperidine rings is 1. The molecule has 0 saturated carbocycles. The fourth-order valence-electron chi connectivity index (χ4n) is 2.10. The van der Waals surface area contributed by atoms with Gasteiger partial charge in [-0.25, -0.2) is 0 Å². The van der Waals surface area contributed by atoms with E-state index in [1.54, 1.807) is 0 Å². The van der Waals surface area contributed by atoms with Gasteiger partial charge in [-0.1, -0.05) is 5.16 Å². The van der Waals surface area contributed by atoms with Crippen molar-refractivity contribution in [2.24, 2.45) is 11.1 Å².